The van der Waals surface area contributed by atoms with Crippen molar-refractivity contribution in [1.29, 1.82) is 0 Å². The molecule has 0 fully saturated rings. The zero-order valence-corrected chi connectivity index (χ0v) is 11.7. The van der Waals surface area contributed by atoms with Crippen LogP contribution >= 0.6 is 15.9 Å². The van der Waals surface area contributed by atoms with Gasteiger partial charge in [-0.1, -0.05) is 0 Å². The first-order valence-corrected chi connectivity index (χ1v) is 6.09. The molecule has 0 aliphatic carbocycles. The Morgan fingerprint density at radius 2 is 2.18 bits per heavy atom. The Kier molecular flexibility index (Phi) is 5.28. The molecule has 1 aromatic rings. The molecular formula is C12H16BrNO3. The third kappa shape index (κ3) is 4.65. The fourth-order valence-corrected chi connectivity index (χ4v) is 1.66. The van der Waals surface area contributed by atoms with Crippen LogP contribution in [0.1, 0.15) is 13.8 Å². The van der Waals surface area contributed by atoms with Crippen molar-refractivity contribution in [2.75, 3.05) is 19.0 Å². The average molecular weight is 302 g/mol. The highest BCUT2D eigenvalue weighted by Gasteiger charge is 2.06. The first kappa shape index (κ1) is 13.8. The molecule has 0 atom stereocenters. The van der Waals surface area contributed by atoms with Gasteiger partial charge in [-0.3, -0.25) is 4.79 Å². The quantitative estimate of drug-likeness (QED) is 0.850. The molecule has 0 aliphatic heterocycles. The van der Waals surface area contributed by atoms with Crippen molar-refractivity contribution >= 4 is 27.6 Å². The maximum absolute atomic E-state index is 11.3. The molecule has 1 aromatic carbocycles. The molecule has 0 amide bonds. The summed E-state index contributed by atoms with van der Waals surface area (Å²) in [5, 5.41) is 2.98. The molecule has 1 rings (SSSR count). The minimum Gasteiger partial charge on any atom is -0.495 e. The Balaban J connectivity index is 2.55. The van der Waals surface area contributed by atoms with Gasteiger partial charge in [0.25, 0.3) is 0 Å². The van der Waals surface area contributed by atoms with Gasteiger partial charge in [0.05, 0.1) is 17.7 Å². The van der Waals surface area contributed by atoms with Gasteiger partial charge in [0.1, 0.15) is 12.3 Å². The third-order valence-electron chi connectivity index (χ3n) is 1.96. The van der Waals surface area contributed by atoms with Gasteiger partial charge in [-0.05, 0) is 41.9 Å². The largest absolute Gasteiger partial charge is 0.495 e. The van der Waals surface area contributed by atoms with Crippen LogP contribution in [-0.4, -0.2) is 25.7 Å². The predicted molar refractivity (Wildman–Crippen MR) is 70.4 cm³/mol. The van der Waals surface area contributed by atoms with Crippen molar-refractivity contribution in [2.24, 2.45) is 0 Å². The molecule has 17 heavy (non-hydrogen) atoms. The van der Waals surface area contributed by atoms with Gasteiger partial charge in [-0.2, -0.15) is 0 Å². The summed E-state index contributed by atoms with van der Waals surface area (Å²) >= 11 is 3.36. The molecule has 1 N–H and O–H groups in total. The van der Waals surface area contributed by atoms with E-state index in [4.69, 9.17) is 9.47 Å². The van der Waals surface area contributed by atoms with Crippen molar-refractivity contribution in [2.45, 2.75) is 20.0 Å². The number of ether oxygens (including phenoxy) is 2. The van der Waals surface area contributed by atoms with Gasteiger partial charge >= 0.3 is 5.97 Å². The molecule has 5 heteroatoms. The molecule has 0 spiro atoms. The standard InChI is InChI=1S/C12H16BrNO3/c1-8(2)17-12(15)7-14-9-4-5-10(13)11(6-9)16-3/h4-6,8,14H,7H2,1-3H3. The summed E-state index contributed by atoms with van der Waals surface area (Å²) in [6.07, 6.45) is -0.0937. The van der Waals surface area contributed by atoms with Gasteiger partial charge in [0.15, 0.2) is 0 Å². The van der Waals surface area contributed by atoms with Gasteiger partial charge in [0, 0.05) is 11.8 Å². The van der Waals surface area contributed by atoms with Crippen LogP contribution in [-0.2, 0) is 9.53 Å². The lowest BCUT2D eigenvalue weighted by Crippen LogP contribution is -2.20. The van der Waals surface area contributed by atoms with E-state index in [1.165, 1.54) is 0 Å². The number of nitrogens with one attached hydrogen (secondary N) is 1. The van der Waals surface area contributed by atoms with E-state index in [2.05, 4.69) is 21.2 Å². The lowest BCUT2D eigenvalue weighted by molar-refractivity contribution is -0.145. The highest BCUT2D eigenvalue weighted by atomic mass is 79.9. The molecule has 0 bridgehead atoms. The summed E-state index contributed by atoms with van der Waals surface area (Å²) in [5.74, 6) is 0.439. The Morgan fingerprint density at radius 1 is 1.47 bits per heavy atom. The minimum absolute atomic E-state index is 0.0937. The Bertz CT molecular complexity index is 393. The van der Waals surface area contributed by atoms with Gasteiger partial charge in [-0.15, -0.1) is 0 Å². The minimum atomic E-state index is -0.276. The van der Waals surface area contributed by atoms with E-state index < -0.39 is 0 Å². The highest BCUT2D eigenvalue weighted by Crippen LogP contribution is 2.27. The number of benzene rings is 1. The van der Waals surface area contributed by atoms with Crippen LogP contribution in [0.3, 0.4) is 0 Å². The van der Waals surface area contributed by atoms with E-state index >= 15 is 0 Å². The summed E-state index contributed by atoms with van der Waals surface area (Å²) in [6, 6.07) is 5.52. The molecule has 0 aromatic heterocycles. The van der Waals surface area contributed by atoms with Crippen LogP contribution in [0.4, 0.5) is 5.69 Å². The Hall–Kier alpha value is -1.23. The van der Waals surface area contributed by atoms with Crippen molar-refractivity contribution in [3.63, 3.8) is 0 Å². The maximum atomic E-state index is 11.3. The molecule has 0 unspecified atom stereocenters. The van der Waals surface area contributed by atoms with Crippen molar-refractivity contribution in [3.05, 3.63) is 22.7 Å². The van der Waals surface area contributed by atoms with Crippen molar-refractivity contribution in [3.8, 4) is 5.75 Å². The number of carbonyl (C=O) groups is 1. The second kappa shape index (κ2) is 6.49. The van der Waals surface area contributed by atoms with Crippen LogP contribution in [0.15, 0.2) is 22.7 Å². The molecular weight excluding hydrogens is 286 g/mol. The molecule has 0 saturated heterocycles. The number of rotatable bonds is 5. The van der Waals surface area contributed by atoms with E-state index in [1.54, 1.807) is 7.11 Å². The molecule has 0 saturated carbocycles. The van der Waals surface area contributed by atoms with Crippen molar-refractivity contribution < 1.29 is 14.3 Å². The Morgan fingerprint density at radius 3 is 2.76 bits per heavy atom. The van der Waals surface area contributed by atoms with E-state index in [0.717, 1.165) is 10.2 Å². The second-order valence-electron chi connectivity index (χ2n) is 3.74. The predicted octanol–water partition coefficient (Wildman–Crippen LogP) is 2.82. The SMILES string of the molecule is COc1cc(NCC(=O)OC(C)C)ccc1Br. The van der Waals surface area contributed by atoms with Gasteiger partial charge in [0.2, 0.25) is 0 Å². The smallest absolute Gasteiger partial charge is 0.325 e. The van der Waals surface area contributed by atoms with Crippen LogP contribution < -0.4 is 10.1 Å². The molecule has 0 aliphatic rings. The summed E-state index contributed by atoms with van der Waals surface area (Å²) in [5.41, 5.74) is 0.811. The number of hydrogen-bond donors (Lipinski definition) is 1. The summed E-state index contributed by atoms with van der Waals surface area (Å²) in [7, 11) is 1.59. The van der Waals surface area contributed by atoms with Crippen LogP contribution in [0.25, 0.3) is 0 Å². The maximum Gasteiger partial charge on any atom is 0.325 e. The molecule has 0 radical (unpaired) electrons. The number of anilines is 1. The number of carbonyl (C=O) groups excluding carboxylic acids is 1. The summed E-state index contributed by atoms with van der Waals surface area (Å²) in [6.45, 7) is 3.78. The number of methoxy groups -OCH3 is 1. The monoisotopic (exact) mass is 301 g/mol. The summed E-state index contributed by atoms with van der Waals surface area (Å²) < 4.78 is 11.0. The molecule has 94 valence electrons. The summed E-state index contributed by atoms with van der Waals surface area (Å²) in [4.78, 5) is 11.3. The first-order valence-electron chi connectivity index (χ1n) is 5.30. The van der Waals surface area contributed by atoms with E-state index in [0.29, 0.717) is 5.75 Å². The van der Waals surface area contributed by atoms with E-state index in [9.17, 15) is 4.79 Å². The number of halogens is 1. The molecule has 0 heterocycles. The lowest BCUT2D eigenvalue weighted by atomic mass is 10.3. The van der Waals surface area contributed by atoms with Crippen molar-refractivity contribution in [1.82, 2.24) is 0 Å². The van der Waals surface area contributed by atoms with Crippen LogP contribution in [0, 0.1) is 0 Å². The number of hydrogen-bond acceptors (Lipinski definition) is 4. The average Bonchev–Trinajstić information content (AvgIpc) is 2.27. The molecule has 4 nitrogen and oxygen atoms in total. The first-order chi connectivity index (χ1) is 8.02. The number of esters is 1. The van der Waals surface area contributed by atoms with E-state index in [1.807, 2.05) is 32.0 Å². The topological polar surface area (TPSA) is 47.6 Å². The zero-order chi connectivity index (χ0) is 12.8. The van der Waals surface area contributed by atoms with Gasteiger partial charge < -0.3 is 14.8 Å². The fraction of sp³-hybridized carbons (Fsp3) is 0.417. The van der Waals surface area contributed by atoms with Crippen LogP contribution in [0.2, 0.25) is 0 Å². The third-order valence-corrected chi connectivity index (χ3v) is 2.61. The Labute approximate surface area is 109 Å². The fourth-order valence-electron chi connectivity index (χ4n) is 1.25. The normalized spacial score (nSPS) is 10.2. The zero-order valence-electron chi connectivity index (χ0n) is 10.1. The highest BCUT2D eigenvalue weighted by molar-refractivity contribution is 9.10. The van der Waals surface area contributed by atoms with E-state index in [-0.39, 0.29) is 18.6 Å². The van der Waals surface area contributed by atoms with Crippen LogP contribution in [0.5, 0.6) is 5.75 Å². The lowest BCUT2D eigenvalue weighted by Gasteiger charge is -2.11. The van der Waals surface area contributed by atoms with Gasteiger partial charge in [-0.25, -0.2) is 0 Å². The second-order valence-corrected chi connectivity index (χ2v) is 4.60.